The third-order valence-corrected chi connectivity index (χ3v) is 4.73. The van der Waals surface area contributed by atoms with Crippen molar-refractivity contribution in [1.82, 2.24) is 5.32 Å². The molecule has 1 amide bonds. The molecule has 2 aromatic rings. The van der Waals surface area contributed by atoms with Gasteiger partial charge in [0.1, 0.15) is 5.75 Å². The van der Waals surface area contributed by atoms with Crippen LogP contribution in [0.3, 0.4) is 0 Å². The van der Waals surface area contributed by atoms with Gasteiger partial charge in [0.25, 0.3) is 16.1 Å². The van der Waals surface area contributed by atoms with E-state index in [0.717, 1.165) is 0 Å². The van der Waals surface area contributed by atoms with E-state index in [9.17, 15) is 13.8 Å². The molecule has 0 aromatic heterocycles. The van der Waals surface area contributed by atoms with E-state index in [1.807, 2.05) is 0 Å². The van der Waals surface area contributed by atoms with Gasteiger partial charge in [-0.05, 0) is 29.8 Å². The Hall–Kier alpha value is -3.43. The molecule has 1 aliphatic heterocycles. The van der Waals surface area contributed by atoms with Crippen molar-refractivity contribution >= 4 is 33.3 Å². The van der Waals surface area contributed by atoms with Crippen LogP contribution in [0, 0.1) is 4.78 Å². The first-order valence-corrected chi connectivity index (χ1v) is 9.37. The zero-order valence-corrected chi connectivity index (χ0v) is 14.6. The van der Waals surface area contributed by atoms with E-state index >= 15 is 0 Å². The fraction of sp³-hybridized carbons (Fsp3) is 0. The molecule has 1 aliphatic carbocycles. The first kappa shape index (κ1) is 17.0. The Bertz CT molecular complexity index is 1180. The fourth-order valence-electron chi connectivity index (χ4n) is 3.18. The van der Waals surface area contributed by atoms with E-state index in [1.54, 1.807) is 36.4 Å². The average molecular weight is 382 g/mol. The van der Waals surface area contributed by atoms with Crippen LogP contribution in [0.4, 0.5) is 0 Å². The number of fused-ring (bicyclic) bond motifs is 2. The Morgan fingerprint density at radius 2 is 1.59 bits per heavy atom. The normalized spacial score (nSPS) is 18.0. The number of Topliss-reactive ketones (excluding diaryl/α,β-unsaturated/α-hetero) is 1. The lowest BCUT2D eigenvalue weighted by molar-refractivity contribution is -0.115. The van der Waals surface area contributed by atoms with Gasteiger partial charge in [0.15, 0.2) is 5.78 Å². The number of nitrogens with one attached hydrogen (secondary N) is 2. The van der Waals surface area contributed by atoms with Crippen molar-refractivity contribution in [3.05, 3.63) is 76.4 Å². The fourth-order valence-corrected chi connectivity index (χ4v) is 3.58. The van der Waals surface area contributed by atoms with Gasteiger partial charge in [0.05, 0.1) is 22.5 Å². The number of nitrogens with two attached hydrogens (primary N) is 2. The molecule has 1 atom stereocenters. The van der Waals surface area contributed by atoms with E-state index in [-0.39, 0.29) is 28.4 Å². The largest absolute Gasteiger partial charge is 0.398 e. The second-order valence-electron chi connectivity index (χ2n) is 6.02. The van der Waals surface area contributed by atoms with Crippen LogP contribution in [-0.2, 0) is 15.0 Å². The van der Waals surface area contributed by atoms with Crippen LogP contribution in [0.2, 0.25) is 0 Å². The quantitative estimate of drug-likeness (QED) is 0.631. The summed E-state index contributed by atoms with van der Waals surface area (Å²) >= 11 is 0. The third-order valence-electron chi connectivity index (χ3n) is 4.29. The van der Waals surface area contributed by atoms with Crippen LogP contribution in [-0.4, -0.2) is 15.9 Å². The minimum absolute atomic E-state index is 0.131. The van der Waals surface area contributed by atoms with Crippen molar-refractivity contribution in [1.29, 1.82) is 4.78 Å². The van der Waals surface area contributed by atoms with Gasteiger partial charge in [-0.25, -0.2) is 9.92 Å². The highest BCUT2D eigenvalue weighted by Gasteiger charge is 2.39. The Labute approximate surface area is 154 Å². The second-order valence-corrected chi connectivity index (χ2v) is 7.28. The summed E-state index contributed by atoms with van der Waals surface area (Å²) < 4.78 is 23.1. The molecule has 27 heavy (non-hydrogen) atoms. The van der Waals surface area contributed by atoms with Gasteiger partial charge in [0.2, 0.25) is 0 Å². The monoisotopic (exact) mass is 382 g/mol. The third kappa shape index (κ3) is 2.78. The summed E-state index contributed by atoms with van der Waals surface area (Å²) in [5.74, 6) is -0.608. The van der Waals surface area contributed by atoms with Crippen LogP contribution >= 0.6 is 0 Å². The number of rotatable bonds is 3. The Kier molecular flexibility index (Phi) is 3.65. The summed E-state index contributed by atoms with van der Waals surface area (Å²) in [6, 6.07) is 12.9. The number of carbonyl (C=O) groups is 2. The predicted octanol–water partition coefficient (Wildman–Crippen LogP) is 1.31. The molecule has 0 saturated heterocycles. The molecule has 1 heterocycles. The molecule has 2 aromatic carbocycles. The summed E-state index contributed by atoms with van der Waals surface area (Å²) in [5, 5.41) is 7.75. The van der Waals surface area contributed by atoms with Crippen LogP contribution in [0.25, 0.3) is 11.4 Å². The lowest BCUT2D eigenvalue weighted by atomic mass is 9.84. The predicted molar refractivity (Wildman–Crippen MR) is 99.1 cm³/mol. The van der Waals surface area contributed by atoms with Crippen molar-refractivity contribution < 1.29 is 18.0 Å². The lowest BCUT2D eigenvalue weighted by Gasteiger charge is -2.18. The first-order chi connectivity index (χ1) is 12.8. The highest BCUT2D eigenvalue weighted by atomic mass is 32.2. The zero-order valence-electron chi connectivity index (χ0n) is 13.8. The lowest BCUT2D eigenvalue weighted by Crippen LogP contribution is -2.22. The zero-order chi connectivity index (χ0) is 19.3. The molecular weight excluding hydrogens is 368 g/mol. The van der Waals surface area contributed by atoms with Gasteiger partial charge in [0, 0.05) is 11.1 Å². The smallest absolute Gasteiger partial charge is 0.270 e. The molecular formula is C18H14N4O4S. The molecule has 2 aliphatic rings. The van der Waals surface area contributed by atoms with Crippen LogP contribution < -0.4 is 20.4 Å². The minimum Gasteiger partial charge on any atom is -0.398 e. The molecule has 0 saturated carbocycles. The van der Waals surface area contributed by atoms with E-state index in [4.69, 9.17) is 19.8 Å². The van der Waals surface area contributed by atoms with Crippen LogP contribution in [0.5, 0.6) is 5.75 Å². The SMILES string of the molecule is N=S(N)(=O)Oc1ccc(C2=C3C(=O)c4ccccc4C(N)=C3C(=O)N2)cc1. The van der Waals surface area contributed by atoms with Crippen LogP contribution in [0.15, 0.2) is 59.7 Å². The van der Waals surface area contributed by atoms with Gasteiger partial charge >= 0.3 is 0 Å². The number of amides is 1. The summed E-state index contributed by atoms with van der Waals surface area (Å²) in [4.78, 5) is 25.4. The molecule has 0 radical (unpaired) electrons. The Morgan fingerprint density at radius 3 is 2.22 bits per heavy atom. The Balaban J connectivity index is 1.84. The maximum absolute atomic E-state index is 13.0. The maximum Gasteiger partial charge on any atom is 0.270 e. The summed E-state index contributed by atoms with van der Waals surface area (Å²) in [6.07, 6.45) is 0. The van der Waals surface area contributed by atoms with E-state index in [2.05, 4.69) is 5.32 Å². The molecule has 0 bridgehead atoms. The highest BCUT2D eigenvalue weighted by Crippen LogP contribution is 2.39. The topological polar surface area (TPSA) is 148 Å². The number of benzene rings is 2. The van der Waals surface area contributed by atoms with E-state index < -0.39 is 16.1 Å². The minimum atomic E-state index is -3.65. The van der Waals surface area contributed by atoms with E-state index in [0.29, 0.717) is 22.4 Å². The molecule has 6 N–H and O–H groups in total. The van der Waals surface area contributed by atoms with Gasteiger partial charge in [-0.15, -0.1) is 0 Å². The van der Waals surface area contributed by atoms with Crippen LogP contribution in [0.1, 0.15) is 21.5 Å². The van der Waals surface area contributed by atoms with Crippen molar-refractivity contribution in [2.24, 2.45) is 10.9 Å². The van der Waals surface area contributed by atoms with E-state index in [1.165, 1.54) is 12.1 Å². The van der Waals surface area contributed by atoms with Gasteiger partial charge in [-0.3, -0.25) is 9.59 Å². The van der Waals surface area contributed by atoms with Crippen molar-refractivity contribution in [3.63, 3.8) is 0 Å². The summed E-state index contributed by atoms with van der Waals surface area (Å²) in [5.41, 5.74) is 8.63. The number of ketones is 1. The van der Waals surface area contributed by atoms with Crippen molar-refractivity contribution in [3.8, 4) is 5.75 Å². The molecule has 9 heteroatoms. The number of hydrogen-bond donors (Lipinski definition) is 4. The summed E-state index contributed by atoms with van der Waals surface area (Å²) in [6.45, 7) is 0. The molecule has 136 valence electrons. The molecule has 0 fully saturated rings. The number of hydrogen-bond acceptors (Lipinski definition) is 6. The molecule has 4 rings (SSSR count). The van der Waals surface area contributed by atoms with Gasteiger partial charge in [-0.1, -0.05) is 24.3 Å². The second kappa shape index (κ2) is 5.79. The first-order valence-electron chi connectivity index (χ1n) is 7.82. The molecule has 8 nitrogen and oxygen atoms in total. The van der Waals surface area contributed by atoms with Gasteiger partial charge < -0.3 is 15.2 Å². The molecule has 0 spiro atoms. The Morgan fingerprint density at radius 1 is 0.963 bits per heavy atom. The summed E-state index contributed by atoms with van der Waals surface area (Å²) in [7, 11) is -3.65. The van der Waals surface area contributed by atoms with Crippen molar-refractivity contribution in [2.45, 2.75) is 0 Å². The average Bonchev–Trinajstić information content (AvgIpc) is 2.97. The molecule has 1 unspecified atom stereocenters. The van der Waals surface area contributed by atoms with Crippen molar-refractivity contribution in [2.75, 3.05) is 0 Å². The number of carbonyl (C=O) groups excluding carboxylic acids is 2. The highest BCUT2D eigenvalue weighted by molar-refractivity contribution is 7.85. The maximum atomic E-state index is 13.0. The van der Waals surface area contributed by atoms with Gasteiger partial charge in [-0.2, -0.15) is 4.21 Å². The standard InChI is InChI=1S/C18H14N4O4S/c19-15-11-3-1-2-4-12(11)17(23)14-13(15)18(24)22-16(14)9-5-7-10(8-6-9)26-27(20,21)25/h1-8H,19H2,(H,22,24)(H3,20,21,25).